The van der Waals surface area contributed by atoms with Crippen LogP contribution >= 0.6 is 50.7 Å². The normalized spacial score (nSPS) is 13.7. The summed E-state index contributed by atoms with van der Waals surface area (Å²) in [5.41, 5.74) is 1.24. The van der Waals surface area contributed by atoms with Gasteiger partial charge in [0.1, 0.15) is 0 Å². The highest BCUT2D eigenvalue weighted by Crippen LogP contribution is 2.32. The molecule has 0 atom stereocenters. The maximum absolute atomic E-state index is 5.57. The average molecular weight is 280 g/mol. The summed E-state index contributed by atoms with van der Waals surface area (Å²) in [5.74, 6) is 0. The lowest BCUT2D eigenvalue weighted by Gasteiger charge is -2.09. The van der Waals surface area contributed by atoms with Gasteiger partial charge in [-0.3, -0.25) is 0 Å². The summed E-state index contributed by atoms with van der Waals surface area (Å²) in [5, 5.41) is 0.860. The smallest absolute Gasteiger partial charge is 0.0883 e. The third-order valence-electron chi connectivity index (χ3n) is 1.23. The molecule has 0 aromatic heterocycles. The van der Waals surface area contributed by atoms with Crippen LogP contribution in [-0.4, -0.2) is 9.12 Å². The van der Waals surface area contributed by atoms with Crippen molar-refractivity contribution in [2.45, 2.75) is 23.6 Å². The van der Waals surface area contributed by atoms with Crippen molar-refractivity contribution in [3.8, 4) is 0 Å². The second-order valence-electron chi connectivity index (χ2n) is 2.32. The van der Waals surface area contributed by atoms with Gasteiger partial charge in [-0.25, -0.2) is 0 Å². The van der Waals surface area contributed by atoms with Gasteiger partial charge in [0.05, 0.1) is 0 Å². The summed E-state index contributed by atoms with van der Waals surface area (Å²) in [6, 6.07) is 0. The molecule has 0 aliphatic heterocycles. The highest BCUT2D eigenvalue weighted by atomic mass is 79.9. The first-order valence-corrected chi connectivity index (χ1v) is 5.49. The van der Waals surface area contributed by atoms with E-state index in [-0.39, 0.29) is 0 Å². The van der Waals surface area contributed by atoms with Crippen LogP contribution in [0.25, 0.3) is 0 Å². The minimum atomic E-state index is -1.11. The third-order valence-corrected chi connectivity index (χ3v) is 2.12. The van der Waals surface area contributed by atoms with E-state index in [1.807, 2.05) is 6.92 Å². The fourth-order valence-electron chi connectivity index (χ4n) is 0.573. The molecule has 0 unspecified atom stereocenters. The lowest BCUT2D eigenvalue weighted by molar-refractivity contribution is 0.839. The number of hydrogen-bond acceptors (Lipinski definition) is 0. The Morgan fingerprint density at radius 1 is 1.45 bits per heavy atom. The Morgan fingerprint density at radius 3 is 2.36 bits per heavy atom. The Labute approximate surface area is 91.0 Å². The second-order valence-corrected chi connectivity index (χ2v) is 5.48. The number of hydrogen-bond donors (Lipinski definition) is 0. The van der Waals surface area contributed by atoms with Gasteiger partial charge in [-0.15, -0.1) is 0 Å². The molecule has 0 rings (SSSR count). The summed E-state index contributed by atoms with van der Waals surface area (Å²) in [7, 11) is 0. The zero-order chi connectivity index (χ0) is 8.91. The Kier molecular flexibility index (Phi) is 6.25. The Hall–Kier alpha value is 1.09. The van der Waals surface area contributed by atoms with Gasteiger partial charge in [0, 0.05) is 5.33 Å². The Bertz CT molecular complexity index is 137. The molecule has 0 radical (unpaired) electrons. The van der Waals surface area contributed by atoms with Crippen LogP contribution in [0.15, 0.2) is 11.6 Å². The maximum atomic E-state index is 5.57. The summed E-state index contributed by atoms with van der Waals surface area (Å²) in [4.78, 5) is 0. The van der Waals surface area contributed by atoms with E-state index in [2.05, 4.69) is 22.0 Å². The van der Waals surface area contributed by atoms with Gasteiger partial charge in [-0.1, -0.05) is 62.4 Å². The minimum absolute atomic E-state index is 0.576. The predicted octanol–water partition coefficient (Wildman–Crippen LogP) is 4.48. The molecule has 0 fully saturated rings. The van der Waals surface area contributed by atoms with Gasteiger partial charge in [0.15, 0.2) is 3.79 Å². The SMILES string of the molecule is CC(=CCBr)CCC(Cl)(Cl)Cl. The van der Waals surface area contributed by atoms with Gasteiger partial charge in [-0.05, 0) is 19.8 Å². The van der Waals surface area contributed by atoms with Crippen molar-refractivity contribution in [1.82, 2.24) is 0 Å². The predicted molar refractivity (Wildman–Crippen MR) is 57.1 cm³/mol. The van der Waals surface area contributed by atoms with Crippen molar-refractivity contribution in [2.75, 3.05) is 5.33 Å². The molecular formula is C7H10BrCl3. The average Bonchev–Trinajstić information content (AvgIpc) is 1.83. The van der Waals surface area contributed by atoms with Crippen LogP contribution in [0.2, 0.25) is 0 Å². The zero-order valence-electron chi connectivity index (χ0n) is 6.21. The fraction of sp³-hybridized carbons (Fsp3) is 0.714. The van der Waals surface area contributed by atoms with Crippen molar-refractivity contribution >= 4 is 50.7 Å². The molecule has 0 spiro atoms. The van der Waals surface area contributed by atoms with E-state index in [4.69, 9.17) is 34.8 Å². The fourth-order valence-corrected chi connectivity index (χ4v) is 1.41. The lowest BCUT2D eigenvalue weighted by atomic mass is 10.2. The molecule has 0 aromatic rings. The van der Waals surface area contributed by atoms with E-state index in [9.17, 15) is 0 Å². The first-order chi connectivity index (χ1) is 4.95. The molecule has 11 heavy (non-hydrogen) atoms. The van der Waals surface area contributed by atoms with E-state index in [1.165, 1.54) is 5.57 Å². The van der Waals surface area contributed by atoms with Crippen molar-refractivity contribution < 1.29 is 0 Å². The topological polar surface area (TPSA) is 0 Å². The van der Waals surface area contributed by atoms with Crippen LogP contribution in [0.1, 0.15) is 19.8 Å². The molecule has 0 nitrogen and oxygen atoms in total. The van der Waals surface area contributed by atoms with Crippen molar-refractivity contribution in [3.05, 3.63) is 11.6 Å². The molecule has 0 saturated heterocycles. The Balaban J connectivity index is 3.62. The number of alkyl halides is 4. The number of halogens is 4. The van der Waals surface area contributed by atoms with Crippen LogP contribution in [0.5, 0.6) is 0 Å². The van der Waals surface area contributed by atoms with E-state index in [0.29, 0.717) is 6.42 Å². The monoisotopic (exact) mass is 278 g/mol. The van der Waals surface area contributed by atoms with Crippen LogP contribution < -0.4 is 0 Å². The number of allylic oxidation sites excluding steroid dienone is 2. The zero-order valence-corrected chi connectivity index (χ0v) is 10.1. The van der Waals surface area contributed by atoms with Crippen molar-refractivity contribution in [2.24, 2.45) is 0 Å². The van der Waals surface area contributed by atoms with Gasteiger partial charge >= 0.3 is 0 Å². The van der Waals surface area contributed by atoms with E-state index in [0.717, 1.165) is 11.8 Å². The molecular weight excluding hydrogens is 270 g/mol. The molecule has 0 heterocycles. The third kappa shape index (κ3) is 9.00. The van der Waals surface area contributed by atoms with Crippen LogP contribution in [-0.2, 0) is 0 Å². The van der Waals surface area contributed by atoms with Gasteiger partial charge in [0.2, 0.25) is 0 Å². The van der Waals surface area contributed by atoms with E-state index < -0.39 is 3.79 Å². The first-order valence-electron chi connectivity index (χ1n) is 3.24. The highest BCUT2D eigenvalue weighted by Gasteiger charge is 2.18. The molecule has 0 bridgehead atoms. The van der Waals surface area contributed by atoms with E-state index in [1.54, 1.807) is 0 Å². The molecule has 4 heteroatoms. The van der Waals surface area contributed by atoms with Gasteiger partial charge < -0.3 is 0 Å². The molecule has 0 aromatic carbocycles. The largest absolute Gasteiger partial charge is 0.190 e. The summed E-state index contributed by atoms with van der Waals surface area (Å²) >= 11 is 20.0. The lowest BCUT2D eigenvalue weighted by Crippen LogP contribution is -2.01. The molecule has 66 valence electrons. The summed E-state index contributed by atoms with van der Waals surface area (Å²) in [6.45, 7) is 2.03. The Morgan fingerprint density at radius 2 is 2.00 bits per heavy atom. The molecule has 0 aliphatic carbocycles. The minimum Gasteiger partial charge on any atom is -0.0883 e. The van der Waals surface area contributed by atoms with Gasteiger partial charge in [0.25, 0.3) is 0 Å². The molecule has 0 aliphatic rings. The van der Waals surface area contributed by atoms with Gasteiger partial charge in [-0.2, -0.15) is 0 Å². The van der Waals surface area contributed by atoms with Crippen LogP contribution in [0, 0.1) is 0 Å². The van der Waals surface area contributed by atoms with Crippen molar-refractivity contribution in [1.29, 1.82) is 0 Å². The molecule has 0 N–H and O–H groups in total. The second kappa shape index (κ2) is 5.69. The quantitative estimate of drug-likeness (QED) is 0.528. The standard InChI is InChI=1S/C7H10BrCl3/c1-6(3-5-8)2-4-7(9,10)11/h3H,2,4-5H2,1H3. The van der Waals surface area contributed by atoms with Crippen molar-refractivity contribution in [3.63, 3.8) is 0 Å². The van der Waals surface area contributed by atoms with Crippen LogP contribution in [0.4, 0.5) is 0 Å². The molecule has 0 saturated carbocycles. The number of rotatable bonds is 3. The first kappa shape index (κ1) is 12.1. The van der Waals surface area contributed by atoms with Crippen LogP contribution in [0.3, 0.4) is 0 Å². The summed E-state index contributed by atoms with van der Waals surface area (Å²) < 4.78 is -1.11. The molecule has 0 amide bonds. The summed E-state index contributed by atoms with van der Waals surface area (Å²) in [6.07, 6.45) is 3.48. The van der Waals surface area contributed by atoms with E-state index >= 15 is 0 Å². The highest BCUT2D eigenvalue weighted by molar-refractivity contribution is 9.09. The maximum Gasteiger partial charge on any atom is 0.190 e.